The van der Waals surface area contributed by atoms with Gasteiger partial charge < -0.3 is 14.5 Å². The largest absolute Gasteiger partial charge is 0.481 e. The molecule has 0 aromatic carbocycles. The molecule has 2 fully saturated rings. The number of aromatic nitrogens is 4. The minimum Gasteiger partial charge on any atom is -0.481 e. The normalized spacial score (nSPS) is 18.1. The molecule has 1 saturated heterocycles. The molecule has 2 aliphatic rings. The zero-order valence-corrected chi connectivity index (χ0v) is 13.2. The van der Waals surface area contributed by atoms with Gasteiger partial charge in [-0.25, -0.2) is 15.0 Å². The van der Waals surface area contributed by atoms with Gasteiger partial charge in [0.15, 0.2) is 0 Å². The Morgan fingerprint density at radius 3 is 2.43 bits per heavy atom. The molecular formula is C16H20N6O. The van der Waals surface area contributed by atoms with E-state index in [1.807, 2.05) is 12.3 Å². The topological polar surface area (TPSA) is 67.3 Å². The minimum atomic E-state index is 0.585. The van der Waals surface area contributed by atoms with E-state index < -0.39 is 0 Å². The zero-order chi connectivity index (χ0) is 15.6. The molecule has 0 atom stereocenters. The van der Waals surface area contributed by atoms with Crippen LogP contribution in [0.1, 0.15) is 24.6 Å². The lowest BCUT2D eigenvalue weighted by Gasteiger charge is -2.35. The first-order valence-corrected chi connectivity index (χ1v) is 8.03. The van der Waals surface area contributed by atoms with E-state index >= 15 is 0 Å². The summed E-state index contributed by atoms with van der Waals surface area (Å²) in [6.45, 7) is 3.55. The number of rotatable bonds is 4. The van der Waals surface area contributed by atoms with Gasteiger partial charge in [0, 0.05) is 50.6 Å². The molecule has 0 N–H and O–H groups in total. The Morgan fingerprint density at radius 1 is 0.957 bits per heavy atom. The number of nitrogens with zero attached hydrogens (tertiary/aromatic N) is 6. The van der Waals surface area contributed by atoms with E-state index in [-0.39, 0.29) is 0 Å². The van der Waals surface area contributed by atoms with Crippen LogP contribution in [0.25, 0.3) is 0 Å². The van der Waals surface area contributed by atoms with Gasteiger partial charge in [0.1, 0.15) is 11.6 Å². The Morgan fingerprint density at radius 2 is 1.70 bits per heavy atom. The molecule has 7 heteroatoms. The highest BCUT2D eigenvalue weighted by Crippen LogP contribution is 2.38. The van der Waals surface area contributed by atoms with Gasteiger partial charge in [0.05, 0.1) is 7.11 Å². The van der Waals surface area contributed by atoms with Crippen LogP contribution >= 0.6 is 0 Å². The molecule has 2 aromatic heterocycles. The zero-order valence-electron chi connectivity index (χ0n) is 13.2. The van der Waals surface area contributed by atoms with E-state index in [0.717, 1.165) is 43.8 Å². The molecule has 2 aromatic rings. The second kappa shape index (κ2) is 5.98. The van der Waals surface area contributed by atoms with E-state index in [1.54, 1.807) is 19.4 Å². The third kappa shape index (κ3) is 3.04. The van der Waals surface area contributed by atoms with Gasteiger partial charge in [0.25, 0.3) is 0 Å². The summed E-state index contributed by atoms with van der Waals surface area (Å²) in [5, 5.41) is 0. The van der Waals surface area contributed by atoms with Crippen molar-refractivity contribution in [1.82, 2.24) is 19.9 Å². The molecular weight excluding hydrogens is 292 g/mol. The summed E-state index contributed by atoms with van der Waals surface area (Å²) >= 11 is 0. The summed E-state index contributed by atoms with van der Waals surface area (Å²) in [5.41, 5.74) is 0. The summed E-state index contributed by atoms with van der Waals surface area (Å²) in [5.74, 6) is 3.95. The monoisotopic (exact) mass is 312 g/mol. The van der Waals surface area contributed by atoms with E-state index in [0.29, 0.717) is 11.8 Å². The molecule has 120 valence electrons. The maximum atomic E-state index is 5.17. The molecule has 7 nitrogen and oxygen atoms in total. The van der Waals surface area contributed by atoms with Crippen LogP contribution in [0.2, 0.25) is 0 Å². The van der Waals surface area contributed by atoms with Gasteiger partial charge >= 0.3 is 0 Å². The Labute approximate surface area is 135 Å². The average Bonchev–Trinajstić information content (AvgIpc) is 3.47. The molecule has 4 rings (SSSR count). The fourth-order valence-corrected chi connectivity index (χ4v) is 2.81. The van der Waals surface area contributed by atoms with Gasteiger partial charge in [-0.1, -0.05) is 0 Å². The fraction of sp³-hybridized carbons (Fsp3) is 0.500. The predicted molar refractivity (Wildman–Crippen MR) is 87.0 cm³/mol. The first-order chi connectivity index (χ1) is 11.3. The standard InChI is InChI=1S/C16H20N6O/c1-23-14-5-7-18-16(20-14)22-10-8-21(9-11-22)13-4-6-17-15(19-13)12-2-3-12/h4-7,12H,2-3,8-11H2,1H3. The molecule has 0 radical (unpaired) electrons. The number of anilines is 2. The number of piperazine rings is 1. The molecule has 0 amide bonds. The summed E-state index contributed by atoms with van der Waals surface area (Å²) in [7, 11) is 1.62. The van der Waals surface area contributed by atoms with Crippen LogP contribution in [-0.4, -0.2) is 53.2 Å². The van der Waals surface area contributed by atoms with Crippen LogP contribution in [0.5, 0.6) is 5.88 Å². The van der Waals surface area contributed by atoms with Crippen LogP contribution in [-0.2, 0) is 0 Å². The van der Waals surface area contributed by atoms with Crippen molar-refractivity contribution in [1.29, 1.82) is 0 Å². The van der Waals surface area contributed by atoms with Crippen LogP contribution in [0, 0.1) is 0 Å². The van der Waals surface area contributed by atoms with Crippen molar-refractivity contribution in [3.63, 3.8) is 0 Å². The van der Waals surface area contributed by atoms with Gasteiger partial charge in [0.2, 0.25) is 11.8 Å². The quantitative estimate of drug-likeness (QED) is 0.847. The number of ether oxygens (including phenoxy) is 1. The van der Waals surface area contributed by atoms with E-state index in [9.17, 15) is 0 Å². The summed E-state index contributed by atoms with van der Waals surface area (Å²) in [4.78, 5) is 22.4. The average molecular weight is 312 g/mol. The van der Waals surface area contributed by atoms with Crippen LogP contribution in [0.4, 0.5) is 11.8 Å². The first kappa shape index (κ1) is 14.2. The van der Waals surface area contributed by atoms with Gasteiger partial charge in [-0.15, -0.1) is 0 Å². The second-order valence-corrected chi connectivity index (χ2v) is 5.92. The molecule has 23 heavy (non-hydrogen) atoms. The third-order valence-corrected chi connectivity index (χ3v) is 4.31. The Hall–Kier alpha value is -2.44. The molecule has 0 bridgehead atoms. The molecule has 0 spiro atoms. The van der Waals surface area contributed by atoms with Gasteiger partial charge in [-0.2, -0.15) is 4.98 Å². The fourth-order valence-electron chi connectivity index (χ4n) is 2.81. The summed E-state index contributed by atoms with van der Waals surface area (Å²) in [6, 6.07) is 3.77. The maximum Gasteiger partial charge on any atom is 0.228 e. The minimum absolute atomic E-state index is 0.585. The Kier molecular flexibility index (Phi) is 3.69. The van der Waals surface area contributed by atoms with Crippen LogP contribution < -0.4 is 14.5 Å². The van der Waals surface area contributed by atoms with E-state index in [2.05, 4.69) is 24.8 Å². The summed E-state index contributed by atoms with van der Waals surface area (Å²) < 4.78 is 5.17. The number of hydrogen-bond acceptors (Lipinski definition) is 7. The van der Waals surface area contributed by atoms with Crippen molar-refractivity contribution in [2.75, 3.05) is 43.1 Å². The van der Waals surface area contributed by atoms with Crippen molar-refractivity contribution in [2.24, 2.45) is 0 Å². The van der Waals surface area contributed by atoms with Gasteiger partial charge in [-0.05, 0) is 18.9 Å². The molecule has 1 aliphatic carbocycles. The lowest BCUT2D eigenvalue weighted by molar-refractivity contribution is 0.396. The van der Waals surface area contributed by atoms with Crippen molar-refractivity contribution in [3.8, 4) is 5.88 Å². The SMILES string of the molecule is COc1ccnc(N2CCN(c3ccnc(C4CC4)n3)CC2)n1. The van der Waals surface area contributed by atoms with Crippen molar-refractivity contribution in [3.05, 3.63) is 30.4 Å². The second-order valence-electron chi connectivity index (χ2n) is 5.92. The summed E-state index contributed by atoms with van der Waals surface area (Å²) in [6.07, 6.45) is 6.07. The lowest BCUT2D eigenvalue weighted by atomic mass is 10.3. The highest BCUT2D eigenvalue weighted by atomic mass is 16.5. The van der Waals surface area contributed by atoms with E-state index in [1.165, 1.54) is 12.8 Å². The highest BCUT2D eigenvalue weighted by Gasteiger charge is 2.27. The Bertz CT molecular complexity index is 682. The van der Waals surface area contributed by atoms with Crippen molar-refractivity contribution < 1.29 is 4.74 Å². The lowest BCUT2D eigenvalue weighted by Crippen LogP contribution is -2.47. The number of methoxy groups -OCH3 is 1. The molecule has 0 unspecified atom stereocenters. The van der Waals surface area contributed by atoms with Gasteiger partial charge in [-0.3, -0.25) is 0 Å². The smallest absolute Gasteiger partial charge is 0.228 e. The molecule has 1 saturated carbocycles. The predicted octanol–water partition coefficient (Wildman–Crippen LogP) is 1.48. The van der Waals surface area contributed by atoms with Crippen LogP contribution in [0.15, 0.2) is 24.5 Å². The third-order valence-electron chi connectivity index (χ3n) is 4.31. The highest BCUT2D eigenvalue weighted by molar-refractivity contribution is 5.42. The van der Waals surface area contributed by atoms with Crippen LogP contribution in [0.3, 0.4) is 0 Å². The van der Waals surface area contributed by atoms with Crippen molar-refractivity contribution >= 4 is 11.8 Å². The Balaban J connectivity index is 1.43. The van der Waals surface area contributed by atoms with Crippen molar-refractivity contribution in [2.45, 2.75) is 18.8 Å². The molecule has 3 heterocycles. The maximum absolute atomic E-state index is 5.17. The molecule has 1 aliphatic heterocycles. The first-order valence-electron chi connectivity index (χ1n) is 8.03. The van der Waals surface area contributed by atoms with E-state index in [4.69, 9.17) is 9.72 Å². The number of hydrogen-bond donors (Lipinski definition) is 0.